The predicted molar refractivity (Wildman–Crippen MR) is 107 cm³/mol. The Hall–Kier alpha value is -2.86. The van der Waals surface area contributed by atoms with Crippen molar-refractivity contribution in [3.63, 3.8) is 0 Å². The van der Waals surface area contributed by atoms with Gasteiger partial charge in [-0.3, -0.25) is 9.48 Å². The second-order valence-electron chi connectivity index (χ2n) is 6.96. The van der Waals surface area contributed by atoms with Crippen LogP contribution in [0.4, 0.5) is 26.3 Å². The van der Waals surface area contributed by atoms with Crippen molar-refractivity contribution in [1.82, 2.24) is 15.1 Å². The molecule has 0 aliphatic heterocycles. The Kier molecular flexibility index (Phi) is 6.65. The van der Waals surface area contributed by atoms with Gasteiger partial charge in [-0.05, 0) is 30.2 Å². The van der Waals surface area contributed by atoms with E-state index in [1.165, 1.54) is 42.2 Å². The van der Waals surface area contributed by atoms with Gasteiger partial charge in [-0.2, -0.15) is 31.4 Å². The van der Waals surface area contributed by atoms with Gasteiger partial charge in [0.1, 0.15) is 4.88 Å². The molecule has 3 N–H and O–H groups in total. The van der Waals surface area contributed by atoms with E-state index in [0.29, 0.717) is 0 Å². The summed E-state index contributed by atoms with van der Waals surface area (Å²) in [4.78, 5) is 11.5. The molecule has 1 atom stereocenters. The lowest BCUT2D eigenvalue weighted by atomic mass is 9.99. The topological polar surface area (TPSA) is 72.9 Å². The normalized spacial score (nSPS) is 13.2. The molecule has 0 aliphatic rings. The van der Waals surface area contributed by atoms with Crippen LogP contribution in [0.15, 0.2) is 42.6 Å². The molecule has 0 fully saturated rings. The molecule has 0 saturated heterocycles. The first-order valence-corrected chi connectivity index (χ1v) is 10.1. The zero-order valence-corrected chi connectivity index (χ0v) is 17.4. The first-order chi connectivity index (χ1) is 14.9. The molecule has 0 radical (unpaired) electrons. The highest BCUT2D eigenvalue weighted by Gasteiger charge is 2.38. The smallest absolute Gasteiger partial charge is 0.347 e. The quantitative estimate of drug-likeness (QED) is 0.515. The zero-order chi connectivity index (χ0) is 23.7. The molecule has 1 amide bonds. The van der Waals surface area contributed by atoms with Gasteiger partial charge in [0.25, 0.3) is 5.91 Å². The zero-order valence-electron chi connectivity index (χ0n) is 16.6. The molecular formula is C20H18F6N4OS. The van der Waals surface area contributed by atoms with Crippen molar-refractivity contribution < 1.29 is 31.1 Å². The summed E-state index contributed by atoms with van der Waals surface area (Å²) in [6.07, 6.45) is -8.20. The van der Waals surface area contributed by atoms with Crippen molar-refractivity contribution in [1.29, 1.82) is 0 Å². The highest BCUT2D eigenvalue weighted by molar-refractivity contribution is 7.14. The summed E-state index contributed by atoms with van der Waals surface area (Å²) in [6.45, 7) is -0.204. The van der Waals surface area contributed by atoms with E-state index in [0.717, 1.165) is 12.1 Å². The number of hydrogen-bond donors (Lipinski definition) is 2. The molecule has 2 aromatic heterocycles. The number of carbonyl (C=O) groups excluding carboxylic acids is 1. The third kappa shape index (κ3) is 5.13. The minimum atomic E-state index is -4.71. The number of nitrogens with zero attached hydrogens (tertiary/aromatic N) is 2. The maximum Gasteiger partial charge on any atom is 0.426 e. The molecule has 3 aromatic rings. The van der Waals surface area contributed by atoms with E-state index in [-0.39, 0.29) is 46.0 Å². The van der Waals surface area contributed by atoms with Crippen molar-refractivity contribution in [3.05, 3.63) is 63.5 Å². The van der Waals surface area contributed by atoms with Crippen LogP contribution in [0.25, 0.3) is 11.3 Å². The van der Waals surface area contributed by atoms with Crippen LogP contribution >= 0.6 is 11.3 Å². The maximum absolute atomic E-state index is 13.5. The molecule has 0 bridgehead atoms. The predicted octanol–water partition coefficient (Wildman–Crippen LogP) is 4.49. The number of alkyl halides is 6. The van der Waals surface area contributed by atoms with Gasteiger partial charge in [-0.15, -0.1) is 11.3 Å². The second-order valence-corrected chi connectivity index (χ2v) is 8.01. The summed E-state index contributed by atoms with van der Waals surface area (Å²) in [7, 11) is 1.47. The number of nitrogens with one attached hydrogen (secondary N) is 1. The molecule has 0 spiro atoms. The van der Waals surface area contributed by atoms with Crippen LogP contribution in [-0.2, 0) is 25.8 Å². The number of amides is 1. The Bertz CT molecular complexity index is 1100. The van der Waals surface area contributed by atoms with E-state index in [1.807, 2.05) is 0 Å². The fourth-order valence-electron chi connectivity index (χ4n) is 3.23. The summed E-state index contributed by atoms with van der Waals surface area (Å²) in [5.74, 6) is -0.853. The molecule has 0 unspecified atom stereocenters. The van der Waals surface area contributed by atoms with Crippen LogP contribution in [0.1, 0.15) is 25.7 Å². The van der Waals surface area contributed by atoms with Gasteiger partial charge in [0.15, 0.2) is 0 Å². The van der Waals surface area contributed by atoms with Gasteiger partial charge in [-0.25, -0.2) is 0 Å². The van der Waals surface area contributed by atoms with Gasteiger partial charge in [0.05, 0.1) is 16.1 Å². The number of nitrogens with two attached hydrogens (primary N) is 1. The molecule has 12 heteroatoms. The number of thiophene rings is 1. The van der Waals surface area contributed by atoms with E-state index >= 15 is 0 Å². The fraction of sp³-hybridized carbons (Fsp3) is 0.300. The summed E-state index contributed by atoms with van der Waals surface area (Å²) in [6, 6.07) is 6.42. The summed E-state index contributed by atoms with van der Waals surface area (Å²) in [5.41, 5.74) is 4.65. The SMILES string of the molecule is Cn1nccc1-c1cc(C(=O)N[C@H](CN)Cc2ccccc2C(F)(F)F)sc1C(F)(F)F. The van der Waals surface area contributed by atoms with Crippen LogP contribution in [0, 0.1) is 0 Å². The Balaban J connectivity index is 1.87. The molecule has 1 aromatic carbocycles. The van der Waals surface area contributed by atoms with Gasteiger partial charge in [0, 0.05) is 31.4 Å². The van der Waals surface area contributed by atoms with Crippen molar-refractivity contribution in [2.24, 2.45) is 12.8 Å². The van der Waals surface area contributed by atoms with Crippen LogP contribution in [0.5, 0.6) is 0 Å². The molecule has 3 rings (SSSR count). The standard InChI is InChI=1S/C20H18F6N4OS/c1-30-15(6-7-28-30)13-9-16(32-17(13)20(24,25)26)18(31)29-12(10-27)8-11-4-2-3-5-14(11)19(21,22)23/h2-7,9,12H,8,10,27H2,1H3,(H,29,31)/t12-/m0/s1. The van der Waals surface area contributed by atoms with E-state index < -0.39 is 34.7 Å². The fourth-order valence-corrected chi connectivity index (χ4v) is 4.17. The van der Waals surface area contributed by atoms with Crippen molar-refractivity contribution in [3.8, 4) is 11.3 Å². The minimum Gasteiger partial charge on any atom is -0.347 e. The van der Waals surface area contributed by atoms with Crippen LogP contribution < -0.4 is 11.1 Å². The molecule has 2 heterocycles. The van der Waals surface area contributed by atoms with Gasteiger partial charge in [0.2, 0.25) is 0 Å². The lowest BCUT2D eigenvalue weighted by molar-refractivity contribution is -0.138. The van der Waals surface area contributed by atoms with Crippen molar-refractivity contribution in [2.75, 3.05) is 6.54 Å². The third-order valence-electron chi connectivity index (χ3n) is 4.72. The highest BCUT2D eigenvalue weighted by atomic mass is 32.1. The molecule has 32 heavy (non-hydrogen) atoms. The number of benzene rings is 1. The summed E-state index contributed by atoms with van der Waals surface area (Å²) in [5, 5.41) is 6.30. The van der Waals surface area contributed by atoms with E-state index in [9.17, 15) is 31.1 Å². The van der Waals surface area contributed by atoms with Gasteiger partial charge in [-0.1, -0.05) is 18.2 Å². The lowest BCUT2D eigenvalue weighted by Gasteiger charge is -2.19. The van der Waals surface area contributed by atoms with E-state index in [1.54, 1.807) is 0 Å². The Morgan fingerprint density at radius 3 is 2.41 bits per heavy atom. The number of rotatable bonds is 6. The number of carbonyl (C=O) groups is 1. The number of aromatic nitrogens is 2. The summed E-state index contributed by atoms with van der Waals surface area (Å²) >= 11 is 0.249. The van der Waals surface area contributed by atoms with Crippen molar-refractivity contribution in [2.45, 2.75) is 24.8 Å². The number of aryl methyl sites for hydroxylation is 1. The monoisotopic (exact) mass is 476 g/mol. The van der Waals surface area contributed by atoms with Crippen LogP contribution in [-0.4, -0.2) is 28.3 Å². The minimum absolute atomic E-state index is 0.0755. The molecular weight excluding hydrogens is 458 g/mol. The Labute approximate surface area is 182 Å². The highest BCUT2D eigenvalue weighted by Crippen LogP contribution is 2.42. The van der Waals surface area contributed by atoms with Crippen molar-refractivity contribution >= 4 is 17.2 Å². The molecule has 0 saturated carbocycles. The molecule has 5 nitrogen and oxygen atoms in total. The Morgan fingerprint density at radius 1 is 1.16 bits per heavy atom. The molecule has 172 valence electrons. The van der Waals surface area contributed by atoms with E-state index in [4.69, 9.17) is 5.73 Å². The van der Waals surface area contributed by atoms with Crippen LogP contribution in [0.3, 0.4) is 0 Å². The van der Waals surface area contributed by atoms with Gasteiger partial charge < -0.3 is 11.1 Å². The number of hydrogen-bond acceptors (Lipinski definition) is 4. The van der Waals surface area contributed by atoms with Crippen LogP contribution in [0.2, 0.25) is 0 Å². The largest absolute Gasteiger partial charge is 0.426 e. The average molecular weight is 476 g/mol. The second kappa shape index (κ2) is 8.94. The first-order valence-electron chi connectivity index (χ1n) is 9.27. The van der Waals surface area contributed by atoms with E-state index in [2.05, 4.69) is 10.4 Å². The maximum atomic E-state index is 13.5. The first kappa shape index (κ1) is 23.8. The molecule has 0 aliphatic carbocycles. The summed E-state index contributed by atoms with van der Waals surface area (Å²) < 4.78 is 81.6. The Morgan fingerprint density at radius 2 is 1.84 bits per heavy atom. The number of halogens is 6. The lowest BCUT2D eigenvalue weighted by Crippen LogP contribution is -2.41. The average Bonchev–Trinajstić information content (AvgIpc) is 3.33. The third-order valence-corrected chi connectivity index (χ3v) is 5.90. The van der Waals surface area contributed by atoms with Gasteiger partial charge >= 0.3 is 12.4 Å².